The number of esters is 1. The van der Waals surface area contributed by atoms with Gasteiger partial charge in [-0.1, -0.05) is 17.7 Å². The number of halogens is 1. The van der Waals surface area contributed by atoms with E-state index < -0.39 is 11.2 Å². The van der Waals surface area contributed by atoms with E-state index in [0.717, 1.165) is 5.56 Å². The Morgan fingerprint density at radius 1 is 1.14 bits per heavy atom. The Kier molecular flexibility index (Phi) is 4.46. The highest BCUT2D eigenvalue weighted by Gasteiger charge is 2.62. The van der Waals surface area contributed by atoms with Crippen molar-refractivity contribution < 1.29 is 23.7 Å². The van der Waals surface area contributed by atoms with E-state index >= 15 is 0 Å². The summed E-state index contributed by atoms with van der Waals surface area (Å²) >= 11 is 6.16. The molecule has 0 unspecified atom stereocenters. The van der Waals surface area contributed by atoms with Crippen molar-refractivity contribution in [1.29, 1.82) is 0 Å². The van der Waals surface area contributed by atoms with Crippen LogP contribution < -0.4 is 4.74 Å². The molecular formula is C15H19ClO5. The lowest BCUT2D eigenvalue weighted by atomic mass is 9.60. The molecule has 2 rings (SSSR count). The topological polar surface area (TPSA) is 54.0 Å². The number of hydrogen-bond donors (Lipinski definition) is 0. The molecule has 0 N–H and O–H groups in total. The molecule has 0 bridgehead atoms. The van der Waals surface area contributed by atoms with Crippen molar-refractivity contribution in [2.75, 3.05) is 28.4 Å². The van der Waals surface area contributed by atoms with Crippen molar-refractivity contribution in [1.82, 2.24) is 0 Å². The molecule has 0 spiro atoms. The van der Waals surface area contributed by atoms with E-state index in [2.05, 4.69) is 0 Å². The van der Waals surface area contributed by atoms with E-state index in [1.165, 1.54) is 7.11 Å². The number of carbonyl (C=O) groups excluding carboxylic acids is 1. The third kappa shape index (κ3) is 2.50. The van der Waals surface area contributed by atoms with Gasteiger partial charge in [0.1, 0.15) is 11.2 Å². The molecule has 21 heavy (non-hydrogen) atoms. The maximum atomic E-state index is 12.3. The van der Waals surface area contributed by atoms with Gasteiger partial charge in [-0.2, -0.15) is 0 Å². The zero-order valence-electron chi connectivity index (χ0n) is 12.6. The monoisotopic (exact) mass is 314 g/mol. The van der Waals surface area contributed by atoms with E-state index in [4.69, 9.17) is 30.5 Å². The summed E-state index contributed by atoms with van der Waals surface area (Å²) in [6, 6.07) is 5.28. The minimum absolute atomic E-state index is 0.326. The molecule has 1 aliphatic carbocycles. The molecule has 6 heteroatoms. The average Bonchev–Trinajstić information content (AvgIpc) is 2.47. The summed E-state index contributed by atoms with van der Waals surface area (Å²) in [5.41, 5.74) is -0.0404. The van der Waals surface area contributed by atoms with Gasteiger partial charge >= 0.3 is 5.97 Å². The summed E-state index contributed by atoms with van der Waals surface area (Å²) in [6.07, 6.45) is 0.755. The highest BCUT2D eigenvalue weighted by Crippen LogP contribution is 2.53. The van der Waals surface area contributed by atoms with Crippen LogP contribution in [-0.2, 0) is 24.4 Å². The SMILES string of the molecule is COC(=O)C1(c2ccc(OC)c(Cl)c2)CC(OC)(OC)C1. The van der Waals surface area contributed by atoms with Gasteiger partial charge in [0.2, 0.25) is 0 Å². The van der Waals surface area contributed by atoms with Crippen LogP contribution in [0.3, 0.4) is 0 Å². The number of rotatable bonds is 5. The van der Waals surface area contributed by atoms with E-state index in [1.807, 2.05) is 6.07 Å². The number of ether oxygens (including phenoxy) is 4. The van der Waals surface area contributed by atoms with Crippen LogP contribution in [0.15, 0.2) is 18.2 Å². The Morgan fingerprint density at radius 3 is 2.19 bits per heavy atom. The Hall–Kier alpha value is -1.30. The standard InChI is InChI=1S/C15H19ClO5/c1-18-12-6-5-10(7-11(12)16)14(13(17)19-2)8-15(9-14,20-3)21-4/h5-7H,8-9H2,1-4H3. The molecule has 0 saturated heterocycles. The molecule has 0 aliphatic heterocycles. The van der Waals surface area contributed by atoms with Crippen LogP contribution in [0.4, 0.5) is 0 Å². The van der Waals surface area contributed by atoms with Gasteiger partial charge in [-0.3, -0.25) is 4.79 Å². The predicted octanol–water partition coefficient (Wildman–Crippen LogP) is 2.54. The van der Waals surface area contributed by atoms with Crippen molar-refractivity contribution in [3.05, 3.63) is 28.8 Å². The van der Waals surface area contributed by atoms with E-state index in [0.29, 0.717) is 23.6 Å². The van der Waals surface area contributed by atoms with Crippen molar-refractivity contribution in [3.8, 4) is 5.75 Å². The summed E-state index contributed by atoms with van der Waals surface area (Å²) in [5.74, 6) is -0.529. The first-order valence-corrected chi connectivity index (χ1v) is 6.87. The first kappa shape index (κ1) is 16.1. The van der Waals surface area contributed by atoms with Gasteiger partial charge in [-0.25, -0.2) is 0 Å². The molecule has 5 nitrogen and oxygen atoms in total. The third-order valence-electron chi connectivity index (χ3n) is 4.17. The Balaban J connectivity index is 2.40. The molecule has 0 aromatic heterocycles. The second-order valence-electron chi connectivity index (χ2n) is 5.10. The Labute approximate surface area is 129 Å². The van der Waals surface area contributed by atoms with E-state index in [1.54, 1.807) is 33.5 Å². The molecule has 1 aromatic rings. The van der Waals surface area contributed by atoms with E-state index in [-0.39, 0.29) is 5.97 Å². The molecule has 1 aromatic carbocycles. The highest BCUT2D eigenvalue weighted by molar-refractivity contribution is 6.32. The number of benzene rings is 1. The lowest BCUT2D eigenvalue weighted by molar-refractivity contribution is -0.278. The van der Waals surface area contributed by atoms with Crippen molar-refractivity contribution in [2.24, 2.45) is 0 Å². The molecule has 0 radical (unpaired) electrons. The average molecular weight is 315 g/mol. The number of methoxy groups -OCH3 is 4. The van der Waals surface area contributed by atoms with Gasteiger partial charge in [0, 0.05) is 27.1 Å². The Bertz CT molecular complexity index is 531. The fourth-order valence-corrected chi connectivity index (χ4v) is 3.12. The first-order valence-electron chi connectivity index (χ1n) is 6.49. The lowest BCUT2D eigenvalue weighted by Gasteiger charge is -2.52. The first-order chi connectivity index (χ1) is 9.96. The van der Waals surface area contributed by atoms with Gasteiger partial charge in [0.15, 0.2) is 5.79 Å². The van der Waals surface area contributed by atoms with Gasteiger partial charge in [0.05, 0.1) is 19.2 Å². The Morgan fingerprint density at radius 2 is 1.76 bits per heavy atom. The third-order valence-corrected chi connectivity index (χ3v) is 4.46. The molecular weight excluding hydrogens is 296 g/mol. The van der Waals surface area contributed by atoms with Crippen LogP contribution in [0, 0.1) is 0 Å². The predicted molar refractivity (Wildman–Crippen MR) is 77.7 cm³/mol. The zero-order chi connectivity index (χ0) is 15.7. The minimum atomic E-state index is -0.809. The molecule has 0 heterocycles. The number of carbonyl (C=O) groups is 1. The smallest absolute Gasteiger partial charge is 0.316 e. The fourth-order valence-electron chi connectivity index (χ4n) is 2.87. The van der Waals surface area contributed by atoms with Crippen LogP contribution in [0.1, 0.15) is 18.4 Å². The van der Waals surface area contributed by atoms with Gasteiger partial charge in [-0.05, 0) is 17.7 Å². The summed E-state index contributed by atoms with van der Waals surface area (Å²) < 4.78 is 20.9. The fraction of sp³-hybridized carbons (Fsp3) is 0.533. The van der Waals surface area contributed by atoms with Gasteiger partial charge in [0.25, 0.3) is 0 Å². The second kappa shape index (κ2) is 5.83. The normalized spacial score (nSPS) is 18.7. The van der Waals surface area contributed by atoms with Crippen LogP contribution in [0.25, 0.3) is 0 Å². The van der Waals surface area contributed by atoms with Crippen LogP contribution in [-0.4, -0.2) is 40.2 Å². The maximum Gasteiger partial charge on any atom is 0.316 e. The van der Waals surface area contributed by atoms with Crippen LogP contribution in [0.2, 0.25) is 5.02 Å². The van der Waals surface area contributed by atoms with Crippen LogP contribution >= 0.6 is 11.6 Å². The largest absolute Gasteiger partial charge is 0.495 e. The molecule has 116 valence electrons. The van der Waals surface area contributed by atoms with Crippen molar-refractivity contribution >= 4 is 17.6 Å². The number of hydrogen-bond acceptors (Lipinski definition) is 5. The summed E-state index contributed by atoms with van der Waals surface area (Å²) in [5, 5.41) is 0.450. The van der Waals surface area contributed by atoms with Crippen LogP contribution in [0.5, 0.6) is 5.75 Å². The molecule has 1 aliphatic rings. The molecule has 1 saturated carbocycles. The molecule has 1 fully saturated rings. The second-order valence-corrected chi connectivity index (χ2v) is 5.50. The summed E-state index contributed by atoms with van der Waals surface area (Å²) in [4.78, 5) is 12.3. The molecule has 0 atom stereocenters. The quantitative estimate of drug-likeness (QED) is 0.617. The summed E-state index contributed by atoms with van der Waals surface area (Å²) in [7, 11) is 6.04. The lowest BCUT2D eigenvalue weighted by Crippen LogP contribution is -2.60. The van der Waals surface area contributed by atoms with Crippen molar-refractivity contribution in [3.63, 3.8) is 0 Å². The van der Waals surface area contributed by atoms with Gasteiger partial charge < -0.3 is 18.9 Å². The highest BCUT2D eigenvalue weighted by atomic mass is 35.5. The minimum Gasteiger partial charge on any atom is -0.495 e. The van der Waals surface area contributed by atoms with Crippen molar-refractivity contribution in [2.45, 2.75) is 24.0 Å². The molecule has 0 amide bonds. The van der Waals surface area contributed by atoms with Gasteiger partial charge in [-0.15, -0.1) is 0 Å². The summed E-state index contributed by atoms with van der Waals surface area (Å²) in [6.45, 7) is 0. The maximum absolute atomic E-state index is 12.3. The van der Waals surface area contributed by atoms with E-state index in [9.17, 15) is 4.79 Å². The zero-order valence-corrected chi connectivity index (χ0v) is 13.3.